The SMILES string of the molecule is CCNC(=NCc1ccc(OC)cc1OC1CCCC1)NCCCn1cccn1.I. The maximum atomic E-state index is 6.28. The smallest absolute Gasteiger partial charge is 0.191 e. The molecule has 166 valence electrons. The van der Waals surface area contributed by atoms with E-state index >= 15 is 0 Å². The minimum absolute atomic E-state index is 0. The number of guanidine groups is 1. The van der Waals surface area contributed by atoms with E-state index in [1.54, 1.807) is 13.3 Å². The fraction of sp³-hybridized carbons (Fsp3) is 0.545. The van der Waals surface area contributed by atoms with Crippen molar-refractivity contribution >= 4 is 29.9 Å². The van der Waals surface area contributed by atoms with Crippen molar-refractivity contribution in [2.45, 2.75) is 58.2 Å². The van der Waals surface area contributed by atoms with E-state index in [9.17, 15) is 0 Å². The van der Waals surface area contributed by atoms with Gasteiger partial charge < -0.3 is 20.1 Å². The molecule has 0 amide bonds. The Kier molecular flexibility index (Phi) is 10.8. The predicted octanol–water partition coefficient (Wildman–Crippen LogP) is 3.98. The lowest BCUT2D eigenvalue weighted by Gasteiger charge is -2.17. The molecule has 0 atom stereocenters. The summed E-state index contributed by atoms with van der Waals surface area (Å²) in [5.74, 6) is 2.51. The van der Waals surface area contributed by atoms with Crippen LogP contribution in [-0.4, -0.2) is 42.0 Å². The first-order valence-corrected chi connectivity index (χ1v) is 10.6. The largest absolute Gasteiger partial charge is 0.497 e. The molecule has 0 saturated heterocycles. The van der Waals surface area contributed by atoms with E-state index < -0.39 is 0 Å². The van der Waals surface area contributed by atoms with Crippen molar-refractivity contribution in [3.05, 3.63) is 42.2 Å². The molecular formula is C22H34IN5O2. The van der Waals surface area contributed by atoms with Gasteiger partial charge in [0.2, 0.25) is 0 Å². The first-order valence-electron chi connectivity index (χ1n) is 10.6. The fourth-order valence-corrected chi connectivity index (χ4v) is 3.47. The number of nitrogens with zero attached hydrogens (tertiary/aromatic N) is 3. The third-order valence-electron chi connectivity index (χ3n) is 5.04. The van der Waals surface area contributed by atoms with Crippen molar-refractivity contribution < 1.29 is 9.47 Å². The number of methoxy groups -OCH3 is 1. The second-order valence-corrected chi connectivity index (χ2v) is 7.24. The maximum Gasteiger partial charge on any atom is 0.191 e. The summed E-state index contributed by atoms with van der Waals surface area (Å²) in [7, 11) is 1.68. The molecule has 2 N–H and O–H groups in total. The van der Waals surface area contributed by atoms with Crippen LogP contribution in [0.1, 0.15) is 44.6 Å². The molecular weight excluding hydrogens is 493 g/mol. The van der Waals surface area contributed by atoms with Crippen LogP contribution < -0.4 is 20.1 Å². The molecule has 2 aromatic rings. The molecule has 1 fully saturated rings. The molecule has 1 heterocycles. The van der Waals surface area contributed by atoms with Crippen molar-refractivity contribution in [1.82, 2.24) is 20.4 Å². The lowest BCUT2D eigenvalue weighted by atomic mass is 10.2. The average Bonchev–Trinajstić information content (AvgIpc) is 3.44. The first-order chi connectivity index (χ1) is 14.3. The Morgan fingerprint density at radius 2 is 2.10 bits per heavy atom. The van der Waals surface area contributed by atoms with Gasteiger partial charge in [-0.2, -0.15) is 5.10 Å². The third-order valence-corrected chi connectivity index (χ3v) is 5.04. The topological polar surface area (TPSA) is 72.7 Å². The van der Waals surface area contributed by atoms with Gasteiger partial charge in [0.25, 0.3) is 0 Å². The molecule has 0 aliphatic heterocycles. The van der Waals surface area contributed by atoms with Crippen molar-refractivity contribution in [3.63, 3.8) is 0 Å². The maximum absolute atomic E-state index is 6.28. The van der Waals surface area contributed by atoms with Gasteiger partial charge in [-0.15, -0.1) is 24.0 Å². The van der Waals surface area contributed by atoms with Crippen molar-refractivity contribution in [3.8, 4) is 11.5 Å². The fourth-order valence-electron chi connectivity index (χ4n) is 3.47. The molecule has 1 aromatic heterocycles. The number of aromatic nitrogens is 2. The zero-order chi connectivity index (χ0) is 20.3. The number of aryl methyl sites for hydroxylation is 1. The van der Waals surface area contributed by atoms with E-state index in [-0.39, 0.29) is 24.0 Å². The molecule has 1 aromatic carbocycles. The summed E-state index contributed by atoms with van der Waals surface area (Å²) in [6.45, 7) is 5.17. The highest BCUT2D eigenvalue weighted by Crippen LogP contribution is 2.30. The molecule has 7 nitrogen and oxygen atoms in total. The van der Waals surface area contributed by atoms with Crippen LogP contribution >= 0.6 is 24.0 Å². The van der Waals surface area contributed by atoms with Crippen LogP contribution in [0.25, 0.3) is 0 Å². The Balaban J connectivity index is 0.00000320. The van der Waals surface area contributed by atoms with Crippen LogP contribution in [0.2, 0.25) is 0 Å². The summed E-state index contributed by atoms with van der Waals surface area (Å²) < 4.78 is 13.6. The summed E-state index contributed by atoms with van der Waals surface area (Å²) in [6.07, 6.45) is 9.81. The molecule has 1 saturated carbocycles. The predicted molar refractivity (Wildman–Crippen MR) is 131 cm³/mol. The number of aliphatic imine (C=N–C) groups is 1. The lowest BCUT2D eigenvalue weighted by molar-refractivity contribution is 0.207. The minimum Gasteiger partial charge on any atom is -0.497 e. The molecule has 0 spiro atoms. The van der Waals surface area contributed by atoms with Crippen LogP contribution in [-0.2, 0) is 13.1 Å². The Hall–Kier alpha value is -1.97. The molecule has 0 bridgehead atoms. The summed E-state index contributed by atoms with van der Waals surface area (Å²) in [5, 5.41) is 10.9. The van der Waals surface area contributed by atoms with Gasteiger partial charge in [0.15, 0.2) is 5.96 Å². The Labute approximate surface area is 196 Å². The second-order valence-electron chi connectivity index (χ2n) is 7.24. The zero-order valence-corrected chi connectivity index (χ0v) is 20.3. The minimum atomic E-state index is 0. The van der Waals surface area contributed by atoms with Gasteiger partial charge in [0.05, 0.1) is 19.8 Å². The van der Waals surface area contributed by atoms with Gasteiger partial charge in [-0.05, 0) is 57.2 Å². The number of benzene rings is 1. The lowest BCUT2D eigenvalue weighted by Crippen LogP contribution is -2.38. The number of halogens is 1. The molecule has 1 aliphatic carbocycles. The number of rotatable bonds is 10. The molecule has 8 heteroatoms. The average molecular weight is 527 g/mol. The van der Waals surface area contributed by atoms with E-state index in [1.807, 2.05) is 35.1 Å². The highest BCUT2D eigenvalue weighted by atomic mass is 127. The van der Waals surface area contributed by atoms with Crippen molar-refractivity contribution in [1.29, 1.82) is 0 Å². The zero-order valence-electron chi connectivity index (χ0n) is 18.0. The molecule has 30 heavy (non-hydrogen) atoms. The number of nitrogens with one attached hydrogen (secondary N) is 2. The van der Waals surface area contributed by atoms with Crippen molar-refractivity contribution in [2.24, 2.45) is 4.99 Å². The van der Waals surface area contributed by atoms with E-state index in [1.165, 1.54) is 12.8 Å². The van der Waals surface area contributed by atoms with E-state index in [4.69, 9.17) is 14.5 Å². The summed E-state index contributed by atoms with van der Waals surface area (Å²) >= 11 is 0. The van der Waals surface area contributed by atoms with Gasteiger partial charge in [-0.3, -0.25) is 4.68 Å². The quantitative estimate of drug-likeness (QED) is 0.212. The number of hydrogen-bond acceptors (Lipinski definition) is 4. The molecule has 0 unspecified atom stereocenters. The van der Waals surface area contributed by atoms with Gasteiger partial charge in [0.1, 0.15) is 11.5 Å². The van der Waals surface area contributed by atoms with Crippen molar-refractivity contribution in [2.75, 3.05) is 20.2 Å². The Bertz CT molecular complexity index is 761. The molecule has 3 rings (SSSR count). The van der Waals surface area contributed by atoms with E-state index in [0.717, 1.165) is 61.9 Å². The third kappa shape index (κ3) is 7.70. The highest BCUT2D eigenvalue weighted by molar-refractivity contribution is 14.0. The monoisotopic (exact) mass is 527 g/mol. The highest BCUT2D eigenvalue weighted by Gasteiger charge is 2.18. The Morgan fingerprint density at radius 1 is 1.27 bits per heavy atom. The second kappa shape index (κ2) is 13.4. The van der Waals surface area contributed by atoms with Gasteiger partial charge in [0, 0.05) is 43.7 Å². The summed E-state index contributed by atoms with van der Waals surface area (Å²) in [5.41, 5.74) is 1.08. The number of hydrogen-bond donors (Lipinski definition) is 2. The van der Waals surface area contributed by atoms with Crippen LogP contribution in [0, 0.1) is 0 Å². The molecule has 0 radical (unpaired) electrons. The Morgan fingerprint density at radius 3 is 2.80 bits per heavy atom. The number of ether oxygens (including phenoxy) is 2. The van der Waals surface area contributed by atoms with Gasteiger partial charge >= 0.3 is 0 Å². The summed E-state index contributed by atoms with van der Waals surface area (Å²) in [4.78, 5) is 4.76. The van der Waals surface area contributed by atoms with Crippen LogP contribution in [0.5, 0.6) is 11.5 Å². The van der Waals surface area contributed by atoms with Crippen LogP contribution in [0.4, 0.5) is 0 Å². The summed E-state index contributed by atoms with van der Waals surface area (Å²) in [6, 6.07) is 7.94. The van der Waals surface area contributed by atoms with E-state index in [0.29, 0.717) is 12.6 Å². The van der Waals surface area contributed by atoms with Crippen LogP contribution in [0.3, 0.4) is 0 Å². The standard InChI is InChI=1S/C22H33N5O2.HI/c1-3-23-22(24-12-6-14-27-15-7-13-26-27)25-17-18-10-11-20(28-2)16-21(18)29-19-8-4-5-9-19;/h7,10-11,13,15-16,19H,3-6,8-9,12,14,17H2,1-2H3,(H2,23,24,25);1H. The molecule has 1 aliphatic rings. The normalized spacial score (nSPS) is 14.3. The van der Waals surface area contributed by atoms with Crippen LogP contribution in [0.15, 0.2) is 41.7 Å². The van der Waals surface area contributed by atoms with Gasteiger partial charge in [-0.25, -0.2) is 4.99 Å². The first kappa shape index (κ1) is 24.3. The van der Waals surface area contributed by atoms with E-state index in [2.05, 4.69) is 22.7 Å². The van der Waals surface area contributed by atoms with Gasteiger partial charge in [-0.1, -0.05) is 0 Å².